The highest BCUT2D eigenvalue weighted by Crippen LogP contribution is 2.22. The van der Waals surface area contributed by atoms with Crippen molar-refractivity contribution in [1.82, 2.24) is 15.6 Å². The summed E-state index contributed by atoms with van der Waals surface area (Å²) in [6.07, 6.45) is 4.11. The van der Waals surface area contributed by atoms with Crippen molar-refractivity contribution in [2.45, 2.75) is 24.9 Å². The molecule has 2 atom stereocenters. The van der Waals surface area contributed by atoms with Crippen LogP contribution in [0.15, 0.2) is 48.8 Å². The normalized spacial score (nSPS) is 18.3. The van der Waals surface area contributed by atoms with Gasteiger partial charge < -0.3 is 10.6 Å². The summed E-state index contributed by atoms with van der Waals surface area (Å²) >= 11 is 0. The number of carbonyl (C=O) groups excluding carboxylic acids is 2. The first-order valence-electron chi connectivity index (χ1n) is 7.38. The van der Waals surface area contributed by atoms with Crippen molar-refractivity contribution < 1.29 is 14.0 Å². The molecule has 2 aromatic rings. The first-order valence-corrected chi connectivity index (χ1v) is 7.38. The third-order valence-electron chi connectivity index (χ3n) is 3.84. The average molecular weight is 313 g/mol. The van der Waals surface area contributed by atoms with Crippen LogP contribution in [0, 0.1) is 5.82 Å². The third-order valence-corrected chi connectivity index (χ3v) is 3.84. The number of rotatable bonds is 4. The van der Waals surface area contributed by atoms with E-state index in [0.29, 0.717) is 12.8 Å². The predicted octanol–water partition coefficient (Wildman–Crippen LogP) is 1.70. The number of hydrogen-bond donors (Lipinski definition) is 2. The molecule has 2 N–H and O–H groups in total. The molecule has 2 unspecified atom stereocenters. The molecule has 1 saturated heterocycles. The molecule has 1 aliphatic heterocycles. The van der Waals surface area contributed by atoms with Gasteiger partial charge in [0.25, 0.3) is 0 Å². The summed E-state index contributed by atoms with van der Waals surface area (Å²) in [5.41, 5.74) is 1.60. The minimum atomic E-state index is -0.521. The van der Waals surface area contributed by atoms with E-state index in [9.17, 15) is 14.0 Å². The molecule has 6 heteroatoms. The number of pyridine rings is 1. The fourth-order valence-corrected chi connectivity index (χ4v) is 2.62. The van der Waals surface area contributed by atoms with Crippen molar-refractivity contribution >= 4 is 11.8 Å². The molecule has 1 fully saturated rings. The lowest BCUT2D eigenvalue weighted by Gasteiger charge is -2.21. The zero-order valence-electron chi connectivity index (χ0n) is 12.3. The van der Waals surface area contributed by atoms with Crippen LogP contribution in [-0.2, 0) is 9.59 Å². The monoisotopic (exact) mass is 313 g/mol. The highest BCUT2D eigenvalue weighted by molar-refractivity contribution is 5.91. The zero-order chi connectivity index (χ0) is 16.2. The van der Waals surface area contributed by atoms with Crippen molar-refractivity contribution in [2.75, 3.05) is 0 Å². The van der Waals surface area contributed by atoms with Gasteiger partial charge in [-0.15, -0.1) is 0 Å². The Balaban J connectivity index is 1.85. The van der Waals surface area contributed by atoms with E-state index in [1.54, 1.807) is 36.7 Å². The number of nitrogens with zero attached hydrogens (tertiary/aromatic N) is 1. The summed E-state index contributed by atoms with van der Waals surface area (Å²) in [5, 5.41) is 5.58. The molecule has 2 heterocycles. The number of aromatic nitrogens is 1. The molecule has 0 radical (unpaired) electrons. The van der Waals surface area contributed by atoms with Gasteiger partial charge in [0, 0.05) is 18.8 Å². The van der Waals surface area contributed by atoms with E-state index in [4.69, 9.17) is 0 Å². The van der Waals surface area contributed by atoms with Crippen molar-refractivity contribution in [3.8, 4) is 0 Å². The molecule has 23 heavy (non-hydrogen) atoms. The summed E-state index contributed by atoms with van der Waals surface area (Å²) in [7, 11) is 0. The van der Waals surface area contributed by atoms with Gasteiger partial charge in [0.15, 0.2) is 0 Å². The summed E-state index contributed by atoms with van der Waals surface area (Å²) in [4.78, 5) is 27.7. The lowest BCUT2D eigenvalue weighted by Crippen LogP contribution is -2.43. The maximum Gasteiger partial charge on any atom is 0.243 e. The van der Waals surface area contributed by atoms with E-state index in [1.165, 1.54) is 12.1 Å². The van der Waals surface area contributed by atoms with Crippen molar-refractivity contribution in [3.05, 3.63) is 65.7 Å². The second kappa shape index (κ2) is 6.56. The number of nitrogens with one attached hydrogen (secondary N) is 2. The van der Waals surface area contributed by atoms with Crippen LogP contribution in [0.2, 0.25) is 0 Å². The van der Waals surface area contributed by atoms with E-state index < -0.39 is 12.1 Å². The van der Waals surface area contributed by atoms with Crippen LogP contribution in [-0.4, -0.2) is 22.8 Å². The third kappa shape index (κ3) is 3.53. The minimum Gasteiger partial charge on any atom is -0.344 e. The fraction of sp³-hybridized carbons (Fsp3) is 0.235. The maximum atomic E-state index is 13.2. The summed E-state index contributed by atoms with van der Waals surface area (Å²) in [6, 6.07) is 8.61. The molecule has 0 aliphatic carbocycles. The number of amides is 2. The van der Waals surface area contributed by atoms with Crippen LogP contribution in [0.4, 0.5) is 4.39 Å². The molecule has 118 valence electrons. The molecule has 1 aromatic heterocycles. The van der Waals surface area contributed by atoms with Crippen molar-refractivity contribution in [2.24, 2.45) is 0 Å². The molecule has 1 aromatic carbocycles. The van der Waals surface area contributed by atoms with Crippen molar-refractivity contribution in [3.63, 3.8) is 0 Å². The number of carbonyl (C=O) groups is 2. The van der Waals surface area contributed by atoms with E-state index in [-0.39, 0.29) is 17.6 Å². The predicted molar refractivity (Wildman–Crippen MR) is 81.8 cm³/mol. The van der Waals surface area contributed by atoms with Gasteiger partial charge >= 0.3 is 0 Å². The summed E-state index contributed by atoms with van der Waals surface area (Å²) in [5.74, 6) is -0.703. The zero-order valence-corrected chi connectivity index (χ0v) is 12.3. The molecule has 0 bridgehead atoms. The van der Waals surface area contributed by atoms with Crippen LogP contribution in [0.3, 0.4) is 0 Å². The Bertz CT molecular complexity index is 704. The second-order valence-electron chi connectivity index (χ2n) is 5.43. The molecule has 2 amide bonds. The smallest absolute Gasteiger partial charge is 0.243 e. The second-order valence-corrected chi connectivity index (χ2v) is 5.43. The molecule has 1 aliphatic rings. The Morgan fingerprint density at radius 1 is 1.17 bits per heavy atom. The Morgan fingerprint density at radius 2 is 1.83 bits per heavy atom. The van der Waals surface area contributed by atoms with Gasteiger partial charge in [0.2, 0.25) is 11.8 Å². The topological polar surface area (TPSA) is 71.1 Å². The highest BCUT2D eigenvalue weighted by Gasteiger charge is 2.29. The number of hydrogen-bond acceptors (Lipinski definition) is 3. The van der Waals surface area contributed by atoms with E-state index in [0.717, 1.165) is 11.1 Å². The summed E-state index contributed by atoms with van der Waals surface area (Å²) < 4.78 is 13.2. The van der Waals surface area contributed by atoms with Crippen LogP contribution in [0.25, 0.3) is 0 Å². The van der Waals surface area contributed by atoms with Gasteiger partial charge in [-0.25, -0.2) is 4.39 Å². The molecular weight excluding hydrogens is 297 g/mol. The van der Waals surface area contributed by atoms with Gasteiger partial charge in [0.1, 0.15) is 11.9 Å². The number of halogens is 1. The minimum absolute atomic E-state index is 0.118. The van der Waals surface area contributed by atoms with Crippen LogP contribution in [0.1, 0.15) is 30.0 Å². The average Bonchev–Trinajstić information content (AvgIpc) is 3.01. The van der Waals surface area contributed by atoms with Crippen LogP contribution >= 0.6 is 0 Å². The lowest BCUT2D eigenvalue weighted by molar-refractivity contribution is -0.126. The van der Waals surface area contributed by atoms with Crippen molar-refractivity contribution in [1.29, 1.82) is 0 Å². The Labute approximate surface area is 132 Å². The van der Waals surface area contributed by atoms with Gasteiger partial charge in [-0.2, -0.15) is 0 Å². The van der Waals surface area contributed by atoms with Gasteiger partial charge in [0.05, 0.1) is 6.04 Å². The Morgan fingerprint density at radius 3 is 2.43 bits per heavy atom. The molecule has 5 nitrogen and oxygen atoms in total. The van der Waals surface area contributed by atoms with Crippen LogP contribution in [0.5, 0.6) is 0 Å². The molecule has 3 rings (SSSR count). The van der Waals surface area contributed by atoms with Crippen LogP contribution < -0.4 is 10.6 Å². The van der Waals surface area contributed by atoms with Gasteiger partial charge in [-0.3, -0.25) is 14.6 Å². The number of benzene rings is 1. The Hall–Kier alpha value is -2.76. The first kappa shape index (κ1) is 15.1. The quantitative estimate of drug-likeness (QED) is 0.902. The van der Waals surface area contributed by atoms with E-state index >= 15 is 0 Å². The largest absolute Gasteiger partial charge is 0.344 e. The maximum absolute atomic E-state index is 13.2. The molecule has 0 saturated carbocycles. The highest BCUT2D eigenvalue weighted by atomic mass is 19.1. The van der Waals surface area contributed by atoms with Gasteiger partial charge in [-0.1, -0.05) is 12.1 Å². The summed E-state index contributed by atoms with van der Waals surface area (Å²) in [6.45, 7) is 0. The standard InChI is InChI=1S/C17H16FN3O2/c18-13-3-1-11(2-4-13)16(12-7-9-19-10-8-12)21-17(23)14-5-6-15(22)20-14/h1-4,7-10,14,16H,5-6H2,(H,20,22)(H,21,23). The lowest BCUT2D eigenvalue weighted by atomic mass is 9.99. The van der Waals surface area contributed by atoms with Gasteiger partial charge in [-0.05, 0) is 41.8 Å². The molecule has 0 spiro atoms. The fourth-order valence-electron chi connectivity index (χ4n) is 2.62. The first-order chi connectivity index (χ1) is 11.1. The SMILES string of the molecule is O=C1CCC(C(=O)NC(c2ccncc2)c2ccc(F)cc2)N1. The Kier molecular flexibility index (Phi) is 4.32. The van der Waals surface area contributed by atoms with E-state index in [1.807, 2.05) is 0 Å². The molecular formula is C17H16FN3O2. The van der Waals surface area contributed by atoms with E-state index in [2.05, 4.69) is 15.6 Å².